The van der Waals surface area contributed by atoms with Gasteiger partial charge in [-0.25, -0.2) is 0 Å². The van der Waals surface area contributed by atoms with Gasteiger partial charge in [-0.15, -0.1) is 0 Å². The van der Waals surface area contributed by atoms with Crippen LogP contribution in [-0.2, 0) is 0 Å². The Balaban J connectivity index is 0.000000487. The molecule has 16 heavy (non-hydrogen) atoms. The van der Waals surface area contributed by atoms with Crippen LogP contribution in [0.1, 0.15) is 73.1 Å². The average molecular weight is 227 g/mol. The van der Waals surface area contributed by atoms with Crippen LogP contribution in [0.25, 0.3) is 0 Å². The van der Waals surface area contributed by atoms with Gasteiger partial charge in [0.1, 0.15) is 0 Å². The third kappa shape index (κ3) is 8.15. The Labute approximate surface area is 104 Å². The molecule has 1 nitrogen and oxygen atoms in total. The third-order valence-corrected chi connectivity index (χ3v) is 2.92. The first-order valence-electron chi connectivity index (χ1n) is 7.35. The van der Waals surface area contributed by atoms with E-state index in [0.29, 0.717) is 0 Å². The van der Waals surface area contributed by atoms with Gasteiger partial charge in [-0.1, -0.05) is 53.9 Å². The summed E-state index contributed by atoms with van der Waals surface area (Å²) in [7, 11) is 0. The smallest absolute Gasteiger partial charge is 0.00951 e. The summed E-state index contributed by atoms with van der Waals surface area (Å²) in [5.41, 5.74) is 0. The van der Waals surface area contributed by atoms with Crippen LogP contribution in [0.4, 0.5) is 0 Å². The van der Waals surface area contributed by atoms with Gasteiger partial charge in [0.15, 0.2) is 0 Å². The first-order chi connectivity index (χ1) is 7.61. The summed E-state index contributed by atoms with van der Waals surface area (Å²) >= 11 is 0. The highest BCUT2D eigenvalue weighted by Crippen LogP contribution is 2.19. The molecule has 0 saturated carbocycles. The van der Waals surface area contributed by atoms with Crippen LogP contribution in [0, 0.1) is 5.92 Å². The van der Waals surface area contributed by atoms with Crippen molar-refractivity contribution in [1.82, 2.24) is 4.90 Å². The molecule has 0 spiro atoms. The van der Waals surface area contributed by atoms with E-state index in [4.69, 9.17) is 0 Å². The van der Waals surface area contributed by atoms with Gasteiger partial charge in [-0.3, -0.25) is 0 Å². The second-order valence-corrected chi connectivity index (χ2v) is 5.71. The van der Waals surface area contributed by atoms with Crippen molar-refractivity contribution in [2.24, 2.45) is 5.92 Å². The van der Waals surface area contributed by atoms with Crippen molar-refractivity contribution in [2.45, 2.75) is 79.2 Å². The summed E-state index contributed by atoms with van der Waals surface area (Å²) in [6.45, 7) is 13.8. The first-order valence-corrected chi connectivity index (χ1v) is 7.35. The highest BCUT2D eigenvalue weighted by Gasteiger charge is 2.22. The lowest BCUT2D eigenvalue weighted by atomic mass is 10.00. The second-order valence-electron chi connectivity index (χ2n) is 5.71. The quantitative estimate of drug-likeness (QED) is 0.635. The lowest BCUT2D eigenvalue weighted by Gasteiger charge is -2.38. The molecule has 1 aliphatic heterocycles. The maximum atomic E-state index is 2.67. The summed E-state index contributed by atoms with van der Waals surface area (Å²) in [6.07, 6.45) is 8.41. The van der Waals surface area contributed by atoms with Gasteiger partial charge in [0.05, 0.1) is 0 Å². The minimum absolute atomic E-state index is 0.833. The Kier molecular flexibility index (Phi) is 10.1. The third-order valence-electron chi connectivity index (χ3n) is 2.92. The van der Waals surface area contributed by atoms with Gasteiger partial charge >= 0.3 is 0 Å². The predicted molar refractivity (Wildman–Crippen MR) is 74.9 cm³/mol. The van der Waals surface area contributed by atoms with Crippen LogP contribution in [0.5, 0.6) is 0 Å². The van der Waals surface area contributed by atoms with E-state index in [1.165, 1.54) is 51.6 Å². The highest BCUT2D eigenvalue weighted by atomic mass is 15.2. The summed E-state index contributed by atoms with van der Waals surface area (Å²) in [5, 5.41) is 0. The fourth-order valence-corrected chi connectivity index (χ4v) is 1.99. The van der Waals surface area contributed by atoms with Crippen molar-refractivity contribution >= 4 is 0 Å². The Bertz CT molecular complexity index is 136. The van der Waals surface area contributed by atoms with Crippen LogP contribution >= 0.6 is 0 Å². The molecule has 0 N–H and O–H groups in total. The van der Waals surface area contributed by atoms with Crippen LogP contribution in [0.15, 0.2) is 0 Å². The SMILES string of the molecule is CC(C)C.CCCCC(CCC)N1CCC1. The van der Waals surface area contributed by atoms with E-state index in [2.05, 4.69) is 39.5 Å². The number of hydrogen-bond donors (Lipinski definition) is 0. The standard InChI is InChI=1S/C11H23N.C4H10/c1-3-5-8-11(7-4-2)12-9-6-10-12;1-4(2)3/h11H,3-10H2,1-2H3;4H,1-3H3. The van der Waals surface area contributed by atoms with E-state index in [1.807, 2.05) is 0 Å². The molecule has 1 unspecified atom stereocenters. The Morgan fingerprint density at radius 3 is 1.81 bits per heavy atom. The number of unbranched alkanes of at least 4 members (excludes halogenated alkanes) is 1. The van der Waals surface area contributed by atoms with Crippen LogP contribution in [0.2, 0.25) is 0 Å². The zero-order valence-electron chi connectivity index (χ0n) is 12.3. The zero-order valence-corrected chi connectivity index (χ0v) is 12.3. The highest BCUT2D eigenvalue weighted by molar-refractivity contribution is 4.77. The van der Waals surface area contributed by atoms with E-state index in [1.54, 1.807) is 0 Å². The van der Waals surface area contributed by atoms with Crippen molar-refractivity contribution in [3.8, 4) is 0 Å². The van der Waals surface area contributed by atoms with Crippen molar-refractivity contribution in [2.75, 3.05) is 13.1 Å². The largest absolute Gasteiger partial charge is 0.300 e. The minimum Gasteiger partial charge on any atom is -0.300 e. The van der Waals surface area contributed by atoms with Crippen LogP contribution in [-0.4, -0.2) is 24.0 Å². The molecule has 0 radical (unpaired) electrons. The van der Waals surface area contributed by atoms with Gasteiger partial charge in [0, 0.05) is 6.04 Å². The normalized spacial score (nSPS) is 17.6. The van der Waals surface area contributed by atoms with Gasteiger partial charge in [0.2, 0.25) is 0 Å². The number of nitrogens with zero attached hydrogens (tertiary/aromatic N) is 1. The second kappa shape index (κ2) is 10.1. The van der Waals surface area contributed by atoms with Gasteiger partial charge < -0.3 is 4.90 Å². The molecule has 1 heteroatoms. The van der Waals surface area contributed by atoms with Gasteiger partial charge in [0.25, 0.3) is 0 Å². The van der Waals surface area contributed by atoms with Crippen molar-refractivity contribution in [3.05, 3.63) is 0 Å². The van der Waals surface area contributed by atoms with E-state index < -0.39 is 0 Å². The monoisotopic (exact) mass is 227 g/mol. The molecule has 1 fully saturated rings. The van der Waals surface area contributed by atoms with Crippen LogP contribution in [0.3, 0.4) is 0 Å². The molecule has 0 bridgehead atoms. The van der Waals surface area contributed by atoms with E-state index >= 15 is 0 Å². The molecule has 1 rings (SSSR count). The minimum atomic E-state index is 0.833. The maximum Gasteiger partial charge on any atom is 0.00951 e. The molecule has 1 atom stereocenters. The van der Waals surface area contributed by atoms with Crippen LogP contribution < -0.4 is 0 Å². The lowest BCUT2D eigenvalue weighted by molar-refractivity contribution is 0.103. The molecule has 98 valence electrons. The lowest BCUT2D eigenvalue weighted by Crippen LogP contribution is -2.45. The topological polar surface area (TPSA) is 3.24 Å². The number of likely N-dealkylation sites (tertiary alicyclic amines) is 1. The fourth-order valence-electron chi connectivity index (χ4n) is 1.99. The molecule has 1 heterocycles. The molecular formula is C15H33N. The first kappa shape index (κ1) is 16.0. The molecule has 0 aromatic heterocycles. The maximum absolute atomic E-state index is 2.67. The molecule has 1 aliphatic rings. The number of rotatable bonds is 6. The number of hydrogen-bond acceptors (Lipinski definition) is 1. The van der Waals surface area contributed by atoms with E-state index in [0.717, 1.165) is 12.0 Å². The summed E-state index contributed by atoms with van der Waals surface area (Å²) < 4.78 is 0. The Morgan fingerprint density at radius 1 is 0.938 bits per heavy atom. The van der Waals surface area contributed by atoms with E-state index in [9.17, 15) is 0 Å². The Morgan fingerprint density at radius 2 is 1.50 bits per heavy atom. The van der Waals surface area contributed by atoms with Crippen molar-refractivity contribution in [3.63, 3.8) is 0 Å². The van der Waals surface area contributed by atoms with Crippen molar-refractivity contribution < 1.29 is 0 Å². The van der Waals surface area contributed by atoms with Gasteiger partial charge in [-0.05, 0) is 38.3 Å². The molecule has 0 aromatic carbocycles. The zero-order chi connectivity index (χ0) is 12.4. The molecule has 1 saturated heterocycles. The molecule has 0 amide bonds. The van der Waals surface area contributed by atoms with Gasteiger partial charge in [-0.2, -0.15) is 0 Å². The molecule has 0 aliphatic carbocycles. The van der Waals surface area contributed by atoms with E-state index in [-0.39, 0.29) is 0 Å². The fraction of sp³-hybridized carbons (Fsp3) is 1.00. The average Bonchev–Trinajstić information content (AvgIpc) is 2.10. The molecular weight excluding hydrogens is 194 g/mol. The summed E-state index contributed by atoms with van der Waals surface area (Å²) in [5.74, 6) is 0.833. The summed E-state index contributed by atoms with van der Waals surface area (Å²) in [6, 6.07) is 0.920. The van der Waals surface area contributed by atoms with Crippen molar-refractivity contribution in [1.29, 1.82) is 0 Å². The summed E-state index contributed by atoms with van der Waals surface area (Å²) in [4.78, 5) is 2.67. The predicted octanol–water partition coefficient (Wildman–Crippen LogP) is 4.71. The Hall–Kier alpha value is -0.0400. The molecule has 0 aromatic rings.